The third-order valence-electron chi connectivity index (χ3n) is 26.6. The molecule has 0 unspecified atom stereocenters. The quantitative estimate of drug-likeness (QED) is 0.101. The van der Waals surface area contributed by atoms with Crippen molar-refractivity contribution in [3.63, 3.8) is 0 Å². The molecule has 0 radical (unpaired) electrons. The summed E-state index contributed by atoms with van der Waals surface area (Å²) in [6.07, 6.45) is 0. The zero-order chi connectivity index (χ0) is 90.8. The van der Waals surface area contributed by atoms with Gasteiger partial charge in [0.2, 0.25) is 0 Å². The minimum Gasteiger partial charge on any atom is -0.310 e. The lowest BCUT2D eigenvalue weighted by Crippen LogP contribution is -2.19. The van der Waals surface area contributed by atoms with Crippen molar-refractivity contribution in [3.05, 3.63) is 376 Å². The maximum atomic E-state index is 9.25. The van der Waals surface area contributed by atoms with Gasteiger partial charge in [0, 0.05) is 39.5 Å². The third kappa shape index (κ3) is 18.2. The van der Waals surface area contributed by atoms with Crippen LogP contribution in [0.5, 0.6) is 0 Å². The highest BCUT2D eigenvalue weighted by molar-refractivity contribution is 6.37. The number of rotatable bonds is 15. The fourth-order valence-electron chi connectivity index (χ4n) is 18.4. The Morgan fingerprint density at radius 1 is 0.205 bits per heavy atom. The first-order valence-corrected chi connectivity index (χ1v) is 46.2. The molecule has 0 aliphatic heterocycles. The highest BCUT2D eigenvalue weighted by atomic mass is 35.5. The second-order valence-electron chi connectivity index (χ2n) is 44.7. The molecule has 127 heavy (non-hydrogen) atoms. The number of anilines is 9. The van der Waals surface area contributed by atoms with Crippen molar-refractivity contribution in [2.45, 2.75) is 229 Å². The number of hydrogen-bond acceptors (Lipinski definition) is 3. The molecule has 0 fully saturated rings. The average Bonchev–Trinajstić information content (AvgIpc) is 0.838. The summed E-state index contributed by atoms with van der Waals surface area (Å²) in [7, 11) is 0. The van der Waals surface area contributed by atoms with E-state index in [2.05, 4.69) is 510 Å². The Morgan fingerprint density at radius 2 is 0.449 bits per heavy atom. The summed E-state index contributed by atoms with van der Waals surface area (Å²) in [5.41, 5.74) is 35.7. The van der Waals surface area contributed by atoms with Crippen LogP contribution in [0.4, 0.5) is 51.2 Å². The fraction of sp³-hybridized carbons (Fsp3) is 0.285. The number of halogens is 1. The molecule has 0 aromatic heterocycles. The van der Waals surface area contributed by atoms with Gasteiger partial charge >= 0.3 is 0 Å². The monoisotopic (exact) mass is 1680 g/mol. The minimum atomic E-state index is -0.402. The Balaban J connectivity index is 1.08. The molecule has 0 N–H and O–H groups in total. The van der Waals surface area contributed by atoms with E-state index in [9.17, 15) is 11.6 Å². The van der Waals surface area contributed by atoms with Crippen molar-refractivity contribution in [1.82, 2.24) is 0 Å². The molecule has 16 rings (SSSR count). The van der Waals surface area contributed by atoms with E-state index in [4.69, 9.17) is 0 Å². The lowest BCUT2D eigenvalue weighted by atomic mass is 9.82. The predicted octanol–water partition coefficient (Wildman–Crippen LogP) is 36.6. The van der Waals surface area contributed by atoms with E-state index >= 15 is 0 Å². The van der Waals surface area contributed by atoms with Crippen LogP contribution in [0.15, 0.2) is 315 Å². The molecule has 0 bridgehead atoms. The summed E-state index contributed by atoms with van der Waals surface area (Å²) in [5.74, 6) is 0. The minimum absolute atomic E-state index is 0.0569. The molecule has 15 aromatic rings. The van der Waals surface area contributed by atoms with Gasteiger partial charge in [0.05, 0.1) is 22.1 Å². The van der Waals surface area contributed by atoms with Gasteiger partial charge in [0.15, 0.2) is 0 Å². The van der Waals surface area contributed by atoms with Crippen molar-refractivity contribution in [3.8, 4) is 77.9 Å². The Hall–Kier alpha value is -11.8. The molecule has 644 valence electrons. The number of fused-ring (bicyclic) bond motifs is 5. The molecule has 0 saturated heterocycles. The standard InChI is InChI=1S/C123H130ClN3/c1-115(2,3)92-44-31-79(32-45-92)86-67-87(80-33-46-93(47-34-80)116(4,5)6)71-103(70-86)125(102-64-65-108-110(76-102)123(25,26)109-66-43-85-29-27-28-30-107(85)113(108)109)106-77-111(126(100-60-56-98(57-61-100)121(19,20)21)104-72-88(81-35-48-94(49-36-81)117(7,8)9)68-89(73-104)82-37-50-95(51-38-82)118(10,11)12)114(124)112(78-106)127(101-62-58-99(59-63-101)122(22,23)24)105-74-90(83-39-52-96(53-40-83)119(13,14)15)69-91(75-105)84-41-54-97(55-42-84)120(16,17)18/h27-78H,1-26H3. The average molecular weight is 1690 g/mol. The molecule has 0 amide bonds. The maximum absolute atomic E-state index is 9.25. The first kappa shape index (κ1) is 88.7. The summed E-state index contributed by atoms with van der Waals surface area (Å²) in [6.45, 7) is 60.1. The van der Waals surface area contributed by atoms with E-state index in [0.29, 0.717) is 5.02 Å². The van der Waals surface area contributed by atoms with Crippen LogP contribution < -0.4 is 14.7 Å². The second kappa shape index (κ2) is 32.8. The first-order chi connectivity index (χ1) is 59.6. The number of nitrogens with zero attached hydrogens (tertiary/aromatic N) is 3. The fourth-order valence-corrected chi connectivity index (χ4v) is 18.7. The van der Waals surface area contributed by atoms with Gasteiger partial charge in [-0.3, -0.25) is 0 Å². The van der Waals surface area contributed by atoms with Gasteiger partial charge in [-0.1, -0.05) is 404 Å². The van der Waals surface area contributed by atoms with Crippen molar-refractivity contribution >= 4 is 73.6 Å². The number of hydrogen-bond donors (Lipinski definition) is 0. The highest BCUT2D eigenvalue weighted by Crippen LogP contribution is 2.57. The van der Waals surface area contributed by atoms with Crippen LogP contribution in [0.25, 0.3) is 88.7 Å². The summed E-state index contributed by atoms with van der Waals surface area (Å²) in [5, 5.41) is 3.04. The van der Waals surface area contributed by atoms with Gasteiger partial charge in [-0.2, -0.15) is 0 Å². The van der Waals surface area contributed by atoms with Gasteiger partial charge in [0.1, 0.15) is 0 Å². The van der Waals surface area contributed by atoms with Crippen LogP contribution in [0, 0.1) is 0 Å². The largest absolute Gasteiger partial charge is 0.310 e. The van der Waals surface area contributed by atoms with Crippen LogP contribution in [0.2, 0.25) is 5.02 Å². The van der Waals surface area contributed by atoms with Gasteiger partial charge in [-0.25, -0.2) is 0 Å². The molecule has 0 heterocycles. The van der Waals surface area contributed by atoms with E-state index in [0.717, 1.165) is 118 Å². The van der Waals surface area contributed by atoms with Gasteiger partial charge in [-0.15, -0.1) is 0 Å². The van der Waals surface area contributed by atoms with E-state index in [1.807, 2.05) is 0 Å². The van der Waals surface area contributed by atoms with Crippen molar-refractivity contribution in [1.29, 1.82) is 0 Å². The molecule has 0 spiro atoms. The maximum Gasteiger partial charge on any atom is 0.0888 e. The van der Waals surface area contributed by atoms with Gasteiger partial charge < -0.3 is 14.7 Å². The molecular weight excluding hydrogens is 1550 g/mol. The summed E-state index contributed by atoms with van der Waals surface area (Å²) < 4.78 is 0. The molecule has 4 heteroatoms. The topological polar surface area (TPSA) is 9.72 Å². The molecular formula is C123H130ClN3. The molecule has 1 aliphatic carbocycles. The van der Waals surface area contributed by atoms with Gasteiger partial charge in [0.25, 0.3) is 0 Å². The smallest absolute Gasteiger partial charge is 0.0888 e. The van der Waals surface area contributed by atoms with E-state index in [1.54, 1.807) is 0 Å². The Kier molecular flexibility index (Phi) is 22.9. The highest BCUT2D eigenvalue weighted by Gasteiger charge is 2.39. The summed E-state index contributed by atoms with van der Waals surface area (Å²) in [6, 6.07) is 122. The van der Waals surface area contributed by atoms with Crippen molar-refractivity contribution in [2.24, 2.45) is 0 Å². The SMILES string of the molecule is CC(C)(C)c1ccc(-c2cc(-c3ccc(C(C)(C)C)cc3)cc(N(c3cc(N(c4ccc(C(C)(C)C)cc4)c4cc(-c5ccc(C(C)(C)C)cc5)cc(-c5ccc(C(C)(C)C)cc5)c4)c(Cl)c(N(c4ccc(C(C)(C)C)cc4)c4cc(-c5ccc(C(C)(C)C)cc5)cc(-c5ccc(C(C)(C)C)cc5)c4)c3)c3ccc4c(c3)C(C)(C)c3ccc5ccccc5c3-4)c2)cc1. The molecule has 3 nitrogen and oxygen atoms in total. The van der Waals surface area contributed by atoms with E-state index < -0.39 is 5.41 Å². The Morgan fingerprint density at radius 3 is 0.724 bits per heavy atom. The Bertz CT molecular complexity index is 6110. The van der Waals surface area contributed by atoms with E-state index in [1.165, 1.54) is 77.5 Å². The normalized spacial score (nSPS) is 13.2. The second-order valence-corrected chi connectivity index (χ2v) is 45.1. The Labute approximate surface area is 765 Å². The lowest BCUT2D eigenvalue weighted by Gasteiger charge is -2.35. The molecule has 15 aromatic carbocycles. The van der Waals surface area contributed by atoms with Crippen LogP contribution in [-0.4, -0.2) is 0 Å². The predicted molar refractivity (Wildman–Crippen MR) is 553 cm³/mol. The third-order valence-corrected chi connectivity index (χ3v) is 27.0. The van der Waals surface area contributed by atoms with Crippen LogP contribution >= 0.6 is 11.6 Å². The zero-order valence-electron chi connectivity index (χ0n) is 80.2. The van der Waals surface area contributed by atoms with Crippen LogP contribution in [0.1, 0.15) is 236 Å². The van der Waals surface area contributed by atoms with Crippen LogP contribution in [0.3, 0.4) is 0 Å². The van der Waals surface area contributed by atoms with Crippen LogP contribution in [-0.2, 0) is 48.7 Å². The summed E-state index contributed by atoms with van der Waals surface area (Å²) in [4.78, 5) is 7.51. The van der Waals surface area contributed by atoms with Crippen molar-refractivity contribution < 1.29 is 0 Å². The van der Waals surface area contributed by atoms with E-state index in [-0.39, 0.29) is 43.3 Å². The lowest BCUT2D eigenvalue weighted by molar-refractivity contribution is 0.590. The zero-order valence-corrected chi connectivity index (χ0v) is 81.0. The van der Waals surface area contributed by atoms with Gasteiger partial charge in [-0.05, 0) is 291 Å². The summed E-state index contributed by atoms with van der Waals surface area (Å²) >= 11 is 9.25. The first-order valence-electron chi connectivity index (χ1n) is 45.8. The molecule has 0 atom stereocenters. The molecule has 0 saturated carbocycles. The van der Waals surface area contributed by atoms with Crippen molar-refractivity contribution in [2.75, 3.05) is 14.7 Å². The molecule has 1 aliphatic rings. The number of benzene rings is 15.